The highest BCUT2D eigenvalue weighted by atomic mass is 16.2. The number of nitrogens with one attached hydrogen (secondary N) is 1. The van der Waals surface area contributed by atoms with Crippen molar-refractivity contribution in [3.63, 3.8) is 0 Å². The zero-order chi connectivity index (χ0) is 22.1. The quantitative estimate of drug-likeness (QED) is 0.426. The van der Waals surface area contributed by atoms with Crippen LogP contribution in [-0.2, 0) is 14.4 Å². The molecular formula is C19H24N6O4. The van der Waals surface area contributed by atoms with E-state index in [2.05, 4.69) is 20.3 Å². The van der Waals surface area contributed by atoms with Gasteiger partial charge in [0, 0.05) is 41.2 Å². The number of aromatic amines is 1. The van der Waals surface area contributed by atoms with E-state index in [1.54, 1.807) is 34.6 Å². The summed E-state index contributed by atoms with van der Waals surface area (Å²) in [6.45, 7) is 8.29. The van der Waals surface area contributed by atoms with Gasteiger partial charge in [-0.25, -0.2) is 9.99 Å². The third-order valence-corrected chi connectivity index (χ3v) is 4.96. The van der Waals surface area contributed by atoms with E-state index < -0.39 is 17.2 Å². The Balaban J connectivity index is 2.21. The van der Waals surface area contributed by atoms with Crippen LogP contribution in [0.2, 0.25) is 0 Å². The van der Waals surface area contributed by atoms with Gasteiger partial charge in [0.15, 0.2) is 17.3 Å². The van der Waals surface area contributed by atoms with Crippen LogP contribution in [0.4, 0.5) is 5.82 Å². The third-order valence-electron chi connectivity index (χ3n) is 4.96. The molecule has 0 saturated carbocycles. The molecule has 10 nitrogen and oxygen atoms in total. The van der Waals surface area contributed by atoms with Gasteiger partial charge in [0.1, 0.15) is 0 Å². The molecule has 0 saturated heterocycles. The van der Waals surface area contributed by atoms with Crippen molar-refractivity contribution in [1.29, 1.82) is 0 Å². The lowest BCUT2D eigenvalue weighted by atomic mass is 9.71. The van der Waals surface area contributed by atoms with Crippen molar-refractivity contribution >= 4 is 29.2 Å². The summed E-state index contributed by atoms with van der Waals surface area (Å²) < 4.78 is 0. The highest BCUT2D eigenvalue weighted by Gasteiger charge is 2.38. The maximum absolute atomic E-state index is 12.8. The predicted octanol–water partition coefficient (Wildman–Crippen LogP) is 2.19. The van der Waals surface area contributed by atoms with Crippen molar-refractivity contribution in [2.45, 2.75) is 41.0 Å². The van der Waals surface area contributed by atoms with Crippen molar-refractivity contribution < 1.29 is 19.2 Å². The molecule has 1 aliphatic rings. The minimum absolute atomic E-state index is 0.0281. The summed E-state index contributed by atoms with van der Waals surface area (Å²) in [5, 5.41) is 8.51. The number of amides is 2. The third kappa shape index (κ3) is 4.20. The van der Waals surface area contributed by atoms with E-state index in [4.69, 9.17) is 5.73 Å². The van der Waals surface area contributed by atoms with Crippen molar-refractivity contribution in [2.24, 2.45) is 21.5 Å². The number of rotatable bonds is 6. The summed E-state index contributed by atoms with van der Waals surface area (Å²) in [7, 11) is 1.39. The van der Waals surface area contributed by atoms with Gasteiger partial charge in [0.25, 0.3) is 5.91 Å². The van der Waals surface area contributed by atoms with Crippen LogP contribution in [0.5, 0.6) is 0 Å². The molecule has 0 fully saturated rings. The zero-order valence-corrected chi connectivity index (χ0v) is 17.3. The first-order chi connectivity index (χ1) is 13.4. The molecule has 0 unspecified atom stereocenters. The molecule has 3 N–H and O–H groups in total. The van der Waals surface area contributed by atoms with Gasteiger partial charge in [0.2, 0.25) is 11.7 Å². The van der Waals surface area contributed by atoms with Gasteiger partial charge in [-0.15, -0.1) is 5.11 Å². The Morgan fingerprint density at radius 2 is 1.72 bits per heavy atom. The van der Waals surface area contributed by atoms with Crippen LogP contribution in [0.15, 0.2) is 39.0 Å². The van der Waals surface area contributed by atoms with E-state index in [1.807, 2.05) is 0 Å². The van der Waals surface area contributed by atoms with Gasteiger partial charge >= 0.3 is 0 Å². The smallest absolute Gasteiger partial charge is 0.269 e. The summed E-state index contributed by atoms with van der Waals surface area (Å²) in [6, 6.07) is 0. The molecule has 0 radical (unpaired) electrons. The largest absolute Gasteiger partial charge is 0.364 e. The number of hydrogen-bond donors (Lipinski definition) is 2. The summed E-state index contributed by atoms with van der Waals surface area (Å²) >= 11 is 0. The predicted molar refractivity (Wildman–Crippen MR) is 104 cm³/mol. The molecule has 1 aromatic rings. The Bertz CT molecular complexity index is 996. The number of nitrogens with zero attached hydrogens (tertiary/aromatic N) is 4. The number of Topliss-reactive ketones (excluding diaryl/α,β-unsaturated/α-hetero) is 2. The SMILES string of the molecule is CC1=C(C)C(=O)C(C(C)(C)CC(=O)N(C)/N=N/c2nc[nH]c2C(N)=O)=C(C)C1=O. The number of carbonyl (C=O) groups excluding carboxylic acids is 4. The molecule has 154 valence electrons. The second-order valence-corrected chi connectivity index (χ2v) is 7.54. The average molecular weight is 400 g/mol. The normalized spacial score (nSPS) is 15.5. The molecule has 2 amide bonds. The molecule has 10 heteroatoms. The number of carbonyl (C=O) groups is 4. The minimum Gasteiger partial charge on any atom is -0.364 e. The number of hydrogen-bond acceptors (Lipinski definition) is 7. The number of ketones is 2. The molecule has 0 aliphatic heterocycles. The first-order valence-electron chi connectivity index (χ1n) is 8.88. The molecule has 29 heavy (non-hydrogen) atoms. The van der Waals surface area contributed by atoms with E-state index in [1.165, 1.54) is 13.4 Å². The molecule has 2 rings (SSSR count). The first kappa shape index (κ1) is 21.9. The fraction of sp³-hybridized carbons (Fsp3) is 0.421. The van der Waals surface area contributed by atoms with E-state index >= 15 is 0 Å². The van der Waals surface area contributed by atoms with Gasteiger partial charge in [-0.3, -0.25) is 19.2 Å². The lowest BCUT2D eigenvalue weighted by Gasteiger charge is -2.31. The van der Waals surface area contributed by atoms with Crippen LogP contribution in [0.1, 0.15) is 51.5 Å². The van der Waals surface area contributed by atoms with E-state index in [0.717, 1.165) is 5.01 Å². The van der Waals surface area contributed by atoms with Crippen molar-refractivity contribution in [3.05, 3.63) is 34.3 Å². The zero-order valence-electron chi connectivity index (χ0n) is 17.3. The number of imidazole rings is 1. The highest BCUT2D eigenvalue weighted by Crippen LogP contribution is 2.39. The van der Waals surface area contributed by atoms with Gasteiger partial charge in [-0.2, -0.15) is 0 Å². The molecule has 1 aliphatic carbocycles. The highest BCUT2D eigenvalue weighted by molar-refractivity contribution is 6.25. The van der Waals surface area contributed by atoms with Crippen molar-refractivity contribution in [1.82, 2.24) is 15.0 Å². The molecule has 0 atom stereocenters. The van der Waals surface area contributed by atoms with Crippen molar-refractivity contribution in [2.75, 3.05) is 7.05 Å². The monoisotopic (exact) mass is 400 g/mol. The Labute approximate surface area is 167 Å². The number of primary amides is 1. The molecule has 0 spiro atoms. The fourth-order valence-electron chi connectivity index (χ4n) is 3.19. The lowest BCUT2D eigenvalue weighted by Crippen LogP contribution is -2.34. The Morgan fingerprint density at radius 3 is 2.31 bits per heavy atom. The average Bonchev–Trinajstić information content (AvgIpc) is 3.11. The fourth-order valence-corrected chi connectivity index (χ4v) is 3.19. The van der Waals surface area contributed by atoms with Crippen molar-refractivity contribution in [3.8, 4) is 0 Å². The lowest BCUT2D eigenvalue weighted by molar-refractivity contribution is -0.132. The van der Waals surface area contributed by atoms with Crippen LogP contribution in [-0.4, -0.2) is 45.4 Å². The van der Waals surface area contributed by atoms with E-state index in [9.17, 15) is 19.2 Å². The number of nitrogens with two attached hydrogens (primary N) is 1. The van der Waals surface area contributed by atoms with Gasteiger partial charge < -0.3 is 10.7 Å². The summed E-state index contributed by atoms with van der Waals surface area (Å²) in [5.74, 6) is -1.65. The van der Waals surface area contributed by atoms with Crippen LogP contribution in [0, 0.1) is 5.41 Å². The van der Waals surface area contributed by atoms with Gasteiger partial charge in [-0.05, 0) is 20.8 Å². The number of aromatic nitrogens is 2. The second kappa shape index (κ2) is 7.90. The molecule has 0 bridgehead atoms. The summed E-state index contributed by atoms with van der Waals surface area (Å²) in [4.78, 5) is 55.5. The summed E-state index contributed by atoms with van der Waals surface area (Å²) in [6.07, 6.45) is 1.15. The maximum atomic E-state index is 12.8. The first-order valence-corrected chi connectivity index (χ1v) is 8.88. The Kier molecular flexibility index (Phi) is 5.96. The topological polar surface area (TPSA) is 151 Å². The number of H-pyrrole nitrogens is 1. The minimum atomic E-state index is -0.898. The molecule has 0 aromatic carbocycles. The molecular weight excluding hydrogens is 376 g/mol. The van der Waals surface area contributed by atoms with E-state index in [0.29, 0.717) is 22.3 Å². The number of allylic oxidation sites excluding steroid dienone is 4. The standard InChI is InChI=1S/C19H24N6O4/c1-9-10(2)16(28)13(11(3)15(9)27)19(4,5)7-12(26)25(6)24-23-18-14(17(20)29)21-8-22-18/h8H,7H2,1-6H3,(H2,20,29)(H,21,22)/b24-23+. The maximum Gasteiger partial charge on any atom is 0.269 e. The summed E-state index contributed by atoms with van der Waals surface area (Å²) in [5.41, 5.74) is 5.75. The van der Waals surface area contributed by atoms with Gasteiger partial charge in [0.05, 0.1) is 6.33 Å². The van der Waals surface area contributed by atoms with Crippen LogP contribution in [0.3, 0.4) is 0 Å². The van der Waals surface area contributed by atoms with Crippen LogP contribution in [0.25, 0.3) is 0 Å². The van der Waals surface area contributed by atoms with Crippen LogP contribution >= 0.6 is 0 Å². The Hall–Kier alpha value is -3.43. The Morgan fingerprint density at radius 1 is 1.14 bits per heavy atom. The van der Waals surface area contributed by atoms with E-state index in [-0.39, 0.29) is 29.5 Å². The molecule has 1 heterocycles. The molecule has 1 aromatic heterocycles. The van der Waals surface area contributed by atoms with Crippen LogP contribution < -0.4 is 5.73 Å². The van der Waals surface area contributed by atoms with Gasteiger partial charge in [-0.1, -0.05) is 19.1 Å². The second-order valence-electron chi connectivity index (χ2n) is 7.54.